The Balaban J connectivity index is 1.80. The van der Waals surface area contributed by atoms with Crippen LogP contribution in [0.2, 0.25) is 15.1 Å². The third-order valence-corrected chi connectivity index (χ3v) is 9.60. The van der Waals surface area contributed by atoms with Gasteiger partial charge in [-0.2, -0.15) is 0 Å². The Morgan fingerprint density at radius 3 is 2.14 bits per heavy atom. The number of likely N-dealkylation sites (N-methyl/N-ethyl adjacent to an activating group) is 1. The zero-order chi connectivity index (χ0) is 31.1. The average molecular weight is 659 g/mol. The molecular weight excluding hydrogens is 629 g/mol. The number of nitrogens with zero attached hydrogens (tertiary/aromatic N) is 2. The lowest BCUT2D eigenvalue weighted by Crippen LogP contribution is -2.53. The first-order chi connectivity index (χ1) is 20.5. The van der Waals surface area contributed by atoms with Crippen LogP contribution >= 0.6 is 34.8 Å². The number of rotatable bonds is 11. The zero-order valence-electron chi connectivity index (χ0n) is 23.5. The van der Waals surface area contributed by atoms with Gasteiger partial charge < -0.3 is 10.2 Å². The van der Waals surface area contributed by atoms with Crippen molar-refractivity contribution < 1.29 is 18.0 Å². The van der Waals surface area contributed by atoms with Gasteiger partial charge in [-0.15, -0.1) is 0 Å². The predicted octanol–water partition coefficient (Wildman–Crippen LogP) is 6.54. The molecule has 0 heterocycles. The number of nitrogens with one attached hydrogen (secondary N) is 1. The van der Waals surface area contributed by atoms with Gasteiger partial charge in [0, 0.05) is 25.0 Å². The summed E-state index contributed by atoms with van der Waals surface area (Å²) < 4.78 is 29.1. The smallest absolute Gasteiger partial charge is 0.264 e. The van der Waals surface area contributed by atoms with Crippen LogP contribution in [0.25, 0.3) is 0 Å². The summed E-state index contributed by atoms with van der Waals surface area (Å²) in [6.45, 7) is 1.23. The lowest BCUT2D eigenvalue weighted by atomic mass is 10.0. The van der Waals surface area contributed by atoms with Crippen molar-refractivity contribution in [3.63, 3.8) is 0 Å². The molecule has 224 valence electrons. The minimum Gasteiger partial charge on any atom is -0.357 e. The van der Waals surface area contributed by atoms with Crippen LogP contribution in [-0.4, -0.2) is 44.8 Å². The predicted molar refractivity (Wildman–Crippen MR) is 172 cm³/mol. The summed E-state index contributed by atoms with van der Waals surface area (Å²) in [5.74, 6) is -0.991. The molecule has 0 saturated heterocycles. The molecule has 0 aromatic heterocycles. The number of hydrogen-bond acceptors (Lipinski definition) is 4. The fraction of sp³-hybridized carbons (Fsp3) is 0.188. The Hall–Kier alpha value is -3.56. The average Bonchev–Trinajstić information content (AvgIpc) is 2.99. The van der Waals surface area contributed by atoms with E-state index >= 15 is 0 Å². The molecule has 2 amide bonds. The minimum atomic E-state index is -4.22. The van der Waals surface area contributed by atoms with Gasteiger partial charge in [-0.3, -0.25) is 13.9 Å². The molecule has 4 aromatic carbocycles. The molecule has 1 atom stereocenters. The van der Waals surface area contributed by atoms with E-state index in [9.17, 15) is 18.0 Å². The Morgan fingerprint density at radius 2 is 1.51 bits per heavy atom. The summed E-state index contributed by atoms with van der Waals surface area (Å²) in [5, 5.41) is 3.66. The summed E-state index contributed by atoms with van der Waals surface area (Å²) >= 11 is 18.4. The van der Waals surface area contributed by atoms with Gasteiger partial charge in [0.2, 0.25) is 11.8 Å². The highest BCUT2D eigenvalue weighted by molar-refractivity contribution is 7.92. The van der Waals surface area contributed by atoms with Gasteiger partial charge >= 0.3 is 0 Å². The number of hydrogen-bond donors (Lipinski definition) is 1. The van der Waals surface area contributed by atoms with Crippen LogP contribution in [0.15, 0.2) is 102 Å². The standard InChI is InChI=1S/C32H30Cl3N3O4S/c1-22-7-6-10-26(17-22)38(43(41,42)27-14-12-25(33)13-15-27)21-31(39)37(20-24-11-16-28(34)29(35)18-24)30(32(40)36-2)19-23-8-4-3-5-9-23/h3-18,30H,19-21H2,1-2H3,(H,36,40)/t30-/m0/s1. The monoisotopic (exact) mass is 657 g/mol. The van der Waals surface area contributed by atoms with Crippen LogP contribution in [0, 0.1) is 6.92 Å². The second-order valence-corrected chi connectivity index (χ2v) is 13.0. The van der Waals surface area contributed by atoms with E-state index in [1.54, 1.807) is 36.4 Å². The lowest BCUT2D eigenvalue weighted by molar-refractivity contribution is -0.139. The molecule has 0 aliphatic heterocycles. The second kappa shape index (κ2) is 14.3. The first kappa shape index (κ1) is 32.4. The number of halogens is 3. The highest BCUT2D eigenvalue weighted by atomic mass is 35.5. The van der Waals surface area contributed by atoms with Gasteiger partial charge in [-0.05, 0) is 72.1 Å². The molecule has 0 fully saturated rings. The Bertz CT molecular complexity index is 1700. The molecule has 43 heavy (non-hydrogen) atoms. The van der Waals surface area contributed by atoms with Gasteiger partial charge in [0.05, 0.1) is 20.6 Å². The SMILES string of the molecule is CNC(=O)[C@H](Cc1ccccc1)N(Cc1ccc(Cl)c(Cl)c1)C(=O)CN(c1cccc(C)c1)S(=O)(=O)c1ccc(Cl)cc1. The number of anilines is 1. The van der Waals surface area contributed by atoms with Crippen LogP contribution in [-0.2, 0) is 32.6 Å². The summed E-state index contributed by atoms with van der Waals surface area (Å²) in [7, 11) is -2.73. The molecule has 0 spiro atoms. The number of carbonyl (C=O) groups is 2. The van der Waals surface area contributed by atoms with E-state index in [2.05, 4.69) is 5.32 Å². The summed E-state index contributed by atoms with van der Waals surface area (Å²) in [5.41, 5.74) is 2.55. The third-order valence-electron chi connectivity index (χ3n) is 6.82. The molecule has 0 saturated carbocycles. The van der Waals surface area contributed by atoms with Gasteiger partial charge in [-0.25, -0.2) is 8.42 Å². The molecule has 1 N–H and O–H groups in total. The Kier molecular flexibility index (Phi) is 10.7. The molecule has 7 nitrogen and oxygen atoms in total. The molecule has 4 rings (SSSR count). The van der Waals surface area contributed by atoms with Crippen LogP contribution < -0.4 is 9.62 Å². The molecule has 0 aliphatic carbocycles. The van der Waals surface area contributed by atoms with Crippen molar-refractivity contribution in [2.24, 2.45) is 0 Å². The molecule has 0 aliphatic rings. The summed E-state index contributed by atoms with van der Waals surface area (Å²) in [6.07, 6.45) is 0.196. The fourth-order valence-electron chi connectivity index (χ4n) is 4.60. The molecule has 0 radical (unpaired) electrons. The van der Waals surface area contributed by atoms with Crippen LogP contribution in [0.5, 0.6) is 0 Å². The minimum absolute atomic E-state index is 0.0245. The zero-order valence-corrected chi connectivity index (χ0v) is 26.6. The van der Waals surface area contributed by atoms with Crippen molar-refractivity contribution in [1.29, 1.82) is 0 Å². The first-order valence-electron chi connectivity index (χ1n) is 13.3. The number of benzene rings is 4. The molecule has 0 unspecified atom stereocenters. The van der Waals surface area contributed by atoms with E-state index in [-0.39, 0.29) is 22.9 Å². The van der Waals surface area contributed by atoms with Gasteiger partial charge in [-0.1, -0.05) is 83.3 Å². The van der Waals surface area contributed by atoms with Crippen molar-refractivity contribution in [3.05, 3.63) is 129 Å². The Morgan fingerprint density at radius 1 is 0.814 bits per heavy atom. The van der Waals surface area contributed by atoms with E-state index < -0.39 is 34.4 Å². The van der Waals surface area contributed by atoms with Crippen LogP contribution in [0.1, 0.15) is 16.7 Å². The molecule has 0 bridgehead atoms. The normalized spacial score (nSPS) is 11.9. The van der Waals surface area contributed by atoms with E-state index in [0.717, 1.165) is 15.4 Å². The maximum Gasteiger partial charge on any atom is 0.264 e. The number of aryl methyl sites for hydroxylation is 1. The topological polar surface area (TPSA) is 86.8 Å². The fourth-order valence-corrected chi connectivity index (χ4v) is 6.45. The Labute approximate surface area is 267 Å². The highest BCUT2D eigenvalue weighted by Crippen LogP contribution is 2.28. The van der Waals surface area contributed by atoms with Crippen LogP contribution in [0.4, 0.5) is 5.69 Å². The van der Waals surface area contributed by atoms with Gasteiger partial charge in [0.15, 0.2) is 0 Å². The maximum absolute atomic E-state index is 14.3. The van der Waals surface area contributed by atoms with Crippen molar-refractivity contribution in [3.8, 4) is 0 Å². The first-order valence-corrected chi connectivity index (χ1v) is 15.9. The largest absolute Gasteiger partial charge is 0.357 e. The van der Waals surface area contributed by atoms with E-state index in [1.807, 2.05) is 43.3 Å². The molecule has 11 heteroatoms. The van der Waals surface area contributed by atoms with Crippen LogP contribution in [0.3, 0.4) is 0 Å². The van der Waals surface area contributed by atoms with Gasteiger partial charge in [0.1, 0.15) is 12.6 Å². The number of carbonyl (C=O) groups excluding carboxylic acids is 2. The number of amides is 2. The quantitative estimate of drug-likeness (QED) is 0.198. The van der Waals surface area contributed by atoms with E-state index in [0.29, 0.717) is 21.3 Å². The van der Waals surface area contributed by atoms with Crippen molar-refractivity contribution in [1.82, 2.24) is 10.2 Å². The molecule has 4 aromatic rings. The summed E-state index contributed by atoms with van der Waals surface area (Å²) in [4.78, 5) is 29.0. The van der Waals surface area contributed by atoms with Gasteiger partial charge in [0.25, 0.3) is 10.0 Å². The highest BCUT2D eigenvalue weighted by Gasteiger charge is 2.34. The van der Waals surface area contributed by atoms with Crippen molar-refractivity contribution in [2.75, 3.05) is 17.9 Å². The van der Waals surface area contributed by atoms with E-state index in [1.165, 1.54) is 36.2 Å². The number of sulfonamides is 1. The lowest BCUT2D eigenvalue weighted by Gasteiger charge is -2.33. The van der Waals surface area contributed by atoms with E-state index in [4.69, 9.17) is 34.8 Å². The van der Waals surface area contributed by atoms with Crippen molar-refractivity contribution in [2.45, 2.75) is 30.8 Å². The third kappa shape index (κ3) is 8.09. The summed E-state index contributed by atoms with van der Waals surface area (Å²) in [6, 6.07) is 25.8. The molecular formula is C32H30Cl3N3O4S. The maximum atomic E-state index is 14.3. The second-order valence-electron chi connectivity index (χ2n) is 9.89. The van der Waals surface area contributed by atoms with Crippen molar-refractivity contribution >= 4 is 62.3 Å².